The molecule has 156 valence electrons. The van der Waals surface area contributed by atoms with Crippen LogP contribution in [-0.2, 0) is 14.6 Å². The Balaban J connectivity index is 2.52. The summed E-state index contributed by atoms with van der Waals surface area (Å²) in [5.41, 5.74) is 1.18. The minimum absolute atomic E-state index is 0.0660. The molecule has 0 N–H and O–H groups in total. The maximum atomic E-state index is 12.4. The number of ether oxygens (including phenoxy) is 2. The Hall–Kier alpha value is -1.07. The normalized spacial score (nSPS) is 14.2. The fourth-order valence-electron chi connectivity index (χ4n) is 2.53. The maximum absolute atomic E-state index is 12.4. The van der Waals surface area contributed by atoms with Gasteiger partial charge in [0.15, 0.2) is 9.84 Å². The molecule has 0 fully saturated rings. The molecule has 0 amide bonds. The highest BCUT2D eigenvalue weighted by atomic mass is 32.2. The molecule has 0 spiro atoms. The number of hydrogen-bond acceptors (Lipinski definition) is 4. The molecule has 1 rings (SSSR count). The van der Waals surface area contributed by atoms with Gasteiger partial charge >= 0.3 is 0 Å². The Labute approximate surface area is 166 Å². The van der Waals surface area contributed by atoms with Crippen LogP contribution in [-0.4, -0.2) is 39.7 Å². The average molecular weight is 399 g/mol. The predicted molar refractivity (Wildman–Crippen MR) is 113 cm³/mol. The highest BCUT2D eigenvalue weighted by Crippen LogP contribution is 2.24. The highest BCUT2D eigenvalue weighted by molar-refractivity contribution is 7.91. The molecule has 0 saturated heterocycles. The van der Waals surface area contributed by atoms with Crippen LogP contribution in [0.25, 0.3) is 0 Å². The van der Waals surface area contributed by atoms with Gasteiger partial charge in [0.25, 0.3) is 0 Å². The quantitative estimate of drug-likeness (QED) is 0.516. The van der Waals surface area contributed by atoms with E-state index < -0.39 is 9.84 Å². The van der Waals surface area contributed by atoms with Crippen LogP contribution in [0, 0.1) is 10.8 Å². The summed E-state index contributed by atoms with van der Waals surface area (Å²) in [7, 11) is -3.11. The van der Waals surface area contributed by atoms with Gasteiger partial charge in [0, 0.05) is 6.61 Å². The SMILES string of the molecule is C[C@@H](CS(=O)(=O)CCCOCC(C)(C)C)c1cccc(OCC(C)(C)C)c1. The third-order valence-electron chi connectivity index (χ3n) is 3.88. The lowest BCUT2D eigenvalue weighted by molar-refractivity contribution is 0.0720. The number of benzene rings is 1. The lowest BCUT2D eigenvalue weighted by atomic mass is 9.98. The maximum Gasteiger partial charge on any atom is 0.150 e. The van der Waals surface area contributed by atoms with Crippen molar-refractivity contribution in [3.05, 3.63) is 29.8 Å². The van der Waals surface area contributed by atoms with Crippen LogP contribution < -0.4 is 4.74 Å². The highest BCUT2D eigenvalue weighted by Gasteiger charge is 2.18. The van der Waals surface area contributed by atoms with E-state index in [1.807, 2.05) is 31.2 Å². The Kier molecular flexibility index (Phi) is 8.81. The van der Waals surface area contributed by atoms with Gasteiger partial charge in [0.2, 0.25) is 0 Å². The summed E-state index contributed by atoms with van der Waals surface area (Å²) in [6.07, 6.45) is 0.542. The molecule has 27 heavy (non-hydrogen) atoms. The Morgan fingerprint density at radius 1 is 1.00 bits per heavy atom. The van der Waals surface area contributed by atoms with Gasteiger partial charge < -0.3 is 9.47 Å². The van der Waals surface area contributed by atoms with E-state index in [9.17, 15) is 8.42 Å². The molecule has 1 aromatic rings. The lowest BCUT2D eigenvalue weighted by Gasteiger charge is -2.20. The fourth-order valence-corrected chi connectivity index (χ4v) is 4.21. The fraction of sp³-hybridized carbons (Fsp3) is 0.727. The van der Waals surface area contributed by atoms with E-state index in [2.05, 4.69) is 41.5 Å². The van der Waals surface area contributed by atoms with Gasteiger partial charge in [0.05, 0.1) is 24.7 Å². The van der Waals surface area contributed by atoms with Gasteiger partial charge in [-0.2, -0.15) is 0 Å². The smallest absolute Gasteiger partial charge is 0.150 e. The second-order valence-corrected chi connectivity index (χ2v) is 12.1. The van der Waals surface area contributed by atoms with Gasteiger partial charge in [-0.05, 0) is 40.9 Å². The van der Waals surface area contributed by atoms with E-state index in [0.717, 1.165) is 11.3 Å². The van der Waals surface area contributed by atoms with Crippen LogP contribution >= 0.6 is 0 Å². The summed E-state index contributed by atoms with van der Waals surface area (Å²) in [5.74, 6) is 1.04. The average Bonchev–Trinajstić information content (AvgIpc) is 2.50. The molecule has 4 nitrogen and oxygen atoms in total. The molecule has 0 saturated carbocycles. The zero-order chi connectivity index (χ0) is 20.7. The molecule has 0 aliphatic heterocycles. The van der Waals surface area contributed by atoms with Crippen LogP contribution in [0.5, 0.6) is 5.75 Å². The van der Waals surface area contributed by atoms with Crippen molar-refractivity contribution < 1.29 is 17.9 Å². The second-order valence-electron chi connectivity index (χ2n) is 9.90. The van der Waals surface area contributed by atoms with Crippen LogP contribution in [0.4, 0.5) is 0 Å². The molecule has 0 aliphatic rings. The summed E-state index contributed by atoms with van der Waals surface area (Å²) in [5, 5.41) is 0. The topological polar surface area (TPSA) is 52.6 Å². The summed E-state index contributed by atoms with van der Waals surface area (Å²) in [6, 6.07) is 7.77. The zero-order valence-electron chi connectivity index (χ0n) is 18.2. The summed E-state index contributed by atoms with van der Waals surface area (Å²) >= 11 is 0. The monoisotopic (exact) mass is 398 g/mol. The minimum Gasteiger partial charge on any atom is -0.493 e. The van der Waals surface area contributed by atoms with Gasteiger partial charge in [-0.1, -0.05) is 60.6 Å². The van der Waals surface area contributed by atoms with Crippen molar-refractivity contribution >= 4 is 9.84 Å². The van der Waals surface area contributed by atoms with E-state index in [4.69, 9.17) is 9.47 Å². The van der Waals surface area contributed by atoms with E-state index in [-0.39, 0.29) is 28.3 Å². The Morgan fingerprint density at radius 3 is 2.22 bits per heavy atom. The first-order chi connectivity index (χ1) is 12.3. The van der Waals surface area contributed by atoms with E-state index in [0.29, 0.717) is 26.2 Å². The number of rotatable bonds is 10. The molecule has 0 aromatic heterocycles. The molecular formula is C22H38O4S. The molecule has 0 unspecified atom stereocenters. The molecule has 1 atom stereocenters. The van der Waals surface area contributed by atoms with E-state index in [1.54, 1.807) is 0 Å². The van der Waals surface area contributed by atoms with Crippen LogP contribution in [0.2, 0.25) is 0 Å². The van der Waals surface area contributed by atoms with E-state index >= 15 is 0 Å². The number of sulfone groups is 1. The van der Waals surface area contributed by atoms with Crippen molar-refractivity contribution in [2.45, 2.75) is 60.8 Å². The van der Waals surface area contributed by atoms with Crippen molar-refractivity contribution in [3.8, 4) is 5.75 Å². The van der Waals surface area contributed by atoms with E-state index in [1.165, 1.54) is 0 Å². The third-order valence-corrected chi connectivity index (χ3v) is 5.80. The van der Waals surface area contributed by atoms with Gasteiger partial charge in [-0.3, -0.25) is 0 Å². The molecule has 0 radical (unpaired) electrons. The Morgan fingerprint density at radius 2 is 1.63 bits per heavy atom. The van der Waals surface area contributed by atoms with Gasteiger partial charge in [-0.25, -0.2) is 8.42 Å². The lowest BCUT2D eigenvalue weighted by Crippen LogP contribution is -2.19. The minimum atomic E-state index is -3.11. The molecule has 0 heterocycles. The van der Waals surface area contributed by atoms with Gasteiger partial charge in [0.1, 0.15) is 5.75 Å². The first-order valence-electron chi connectivity index (χ1n) is 9.78. The predicted octanol–water partition coefficient (Wildman–Crippen LogP) is 5.08. The van der Waals surface area contributed by atoms with Crippen LogP contribution in [0.1, 0.15) is 66.4 Å². The molecule has 0 aliphatic carbocycles. The molecule has 5 heteroatoms. The van der Waals surface area contributed by atoms with Crippen LogP contribution in [0.3, 0.4) is 0 Å². The summed E-state index contributed by atoms with van der Waals surface area (Å²) in [6.45, 7) is 16.4. The van der Waals surface area contributed by atoms with Crippen molar-refractivity contribution in [2.24, 2.45) is 10.8 Å². The van der Waals surface area contributed by atoms with Crippen LogP contribution in [0.15, 0.2) is 24.3 Å². The largest absolute Gasteiger partial charge is 0.493 e. The molecular weight excluding hydrogens is 360 g/mol. The molecule has 0 bridgehead atoms. The summed E-state index contributed by atoms with van der Waals surface area (Å²) < 4.78 is 36.3. The van der Waals surface area contributed by atoms with Gasteiger partial charge in [-0.15, -0.1) is 0 Å². The first-order valence-corrected chi connectivity index (χ1v) is 11.6. The standard InChI is InChI=1S/C22H38O4S/c1-18(15-27(23,24)13-9-12-25-16-21(2,3)4)19-10-8-11-20(14-19)26-17-22(5,6)7/h8,10-11,14,18H,9,12-13,15-17H2,1-7H3/t18-/m0/s1. The first kappa shape index (κ1) is 24.0. The zero-order valence-corrected chi connectivity index (χ0v) is 19.0. The second kappa shape index (κ2) is 9.92. The summed E-state index contributed by atoms with van der Waals surface area (Å²) in [4.78, 5) is 0. The van der Waals surface area contributed by atoms with Crippen molar-refractivity contribution in [1.82, 2.24) is 0 Å². The van der Waals surface area contributed by atoms with Crippen molar-refractivity contribution in [3.63, 3.8) is 0 Å². The Bertz CT molecular complexity index is 666. The molecule has 1 aromatic carbocycles. The third kappa shape index (κ3) is 11.4. The van der Waals surface area contributed by atoms with Crippen molar-refractivity contribution in [2.75, 3.05) is 31.3 Å². The van der Waals surface area contributed by atoms with Crippen molar-refractivity contribution in [1.29, 1.82) is 0 Å². The number of hydrogen-bond donors (Lipinski definition) is 0.